The predicted octanol–water partition coefficient (Wildman–Crippen LogP) is 3.68. The summed E-state index contributed by atoms with van der Waals surface area (Å²) in [5, 5.41) is 3.58. The molecule has 0 radical (unpaired) electrons. The molecule has 0 atom stereocenters. The Kier molecular flexibility index (Phi) is 5.58. The number of aromatic nitrogens is 1. The zero-order valence-electron chi connectivity index (χ0n) is 14.5. The third-order valence-corrected chi connectivity index (χ3v) is 3.25. The van der Waals surface area contributed by atoms with E-state index in [9.17, 15) is 0 Å². The molecule has 3 heteroatoms. The fourth-order valence-electron chi connectivity index (χ4n) is 2.37. The normalized spacial score (nSPS) is 12.1. The summed E-state index contributed by atoms with van der Waals surface area (Å²) in [7, 11) is 2.14. The lowest BCUT2D eigenvalue weighted by molar-refractivity contribution is 0.423. The van der Waals surface area contributed by atoms with Crippen LogP contribution in [0.15, 0.2) is 6.07 Å². The summed E-state index contributed by atoms with van der Waals surface area (Å²) in [4.78, 5) is 7.06. The molecule has 0 aliphatic carbocycles. The average Bonchev–Trinajstić information content (AvgIpc) is 2.24. The molecule has 0 saturated carbocycles. The Labute approximate surface area is 124 Å². The van der Waals surface area contributed by atoms with Gasteiger partial charge < -0.3 is 10.2 Å². The van der Waals surface area contributed by atoms with Gasteiger partial charge in [-0.1, -0.05) is 13.8 Å². The van der Waals surface area contributed by atoms with Gasteiger partial charge in [-0.3, -0.25) is 0 Å². The molecule has 0 unspecified atom stereocenters. The minimum atomic E-state index is 0.116. The van der Waals surface area contributed by atoms with E-state index in [1.807, 2.05) is 0 Å². The van der Waals surface area contributed by atoms with Gasteiger partial charge in [0.2, 0.25) is 0 Å². The molecule has 0 saturated heterocycles. The van der Waals surface area contributed by atoms with Crippen molar-refractivity contribution in [2.45, 2.75) is 60.5 Å². The van der Waals surface area contributed by atoms with Crippen LogP contribution in [0.5, 0.6) is 0 Å². The Morgan fingerprint density at radius 1 is 1.25 bits per heavy atom. The number of anilines is 1. The van der Waals surface area contributed by atoms with Crippen LogP contribution in [-0.4, -0.2) is 24.1 Å². The van der Waals surface area contributed by atoms with Crippen LogP contribution < -0.4 is 10.2 Å². The highest BCUT2D eigenvalue weighted by atomic mass is 15.2. The first-order valence-corrected chi connectivity index (χ1v) is 7.53. The molecular formula is C17H31N3. The molecule has 0 aliphatic heterocycles. The number of nitrogens with zero attached hydrogens (tertiary/aromatic N) is 2. The van der Waals surface area contributed by atoms with E-state index in [0.717, 1.165) is 24.6 Å². The van der Waals surface area contributed by atoms with Gasteiger partial charge in [0.05, 0.1) is 0 Å². The molecule has 1 heterocycles. The summed E-state index contributed by atoms with van der Waals surface area (Å²) < 4.78 is 0. The van der Waals surface area contributed by atoms with Crippen LogP contribution >= 0.6 is 0 Å². The first kappa shape index (κ1) is 17.0. The Morgan fingerprint density at radius 2 is 1.85 bits per heavy atom. The lowest BCUT2D eigenvalue weighted by Gasteiger charge is -2.27. The van der Waals surface area contributed by atoms with E-state index < -0.39 is 0 Å². The van der Waals surface area contributed by atoms with Crippen LogP contribution in [0.25, 0.3) is 0 Å². The maximum atomic E-state index is 4.77. The van der Waals surface area contributed by atoms with Crippen LogP contribution in [0.2, 0.25) is 0 Å². The van der Waals surface area contributed by atoms with Crippen LogP contribution in [0.4, 0.5) is 5.82 Å². The molecule has 3 nitrogen and oxygen atoms in total. The monoisotopic (exact) mass is 277 g/mol. The first-order chi connectivity index (χ1) is 9.10. The van der Waals surface area contributed by atoms with Gasteiger partial charge in [0.25, 0.3) is 0 Å². The second kappa shape index (κ2) is 6.57. The topological polar surface area (TPSA) is 28.2 Å². The number of hydrogen-bond acceptors (Lipinski definition) is 3. The molecule has 0 aromatic carbocycles. The van der Waals surface area contributed by atoms with E-state index in [1.165, 1.54) is 11.1 Å². The van der Waals surface area contributed by atoms with Crippen molar-refractivity contribution >= 4 is 5.82 Å². The number of hydrogen-bond donors (Lipinski definition) is 1. The summed E-state index contributed by atoms with van der Waals surface area (Å²) >= 11 is 0. The van der Waals surface area contributed by atoms with Crippen LogP contribution in [0, 0.1) is 19.8 Å². The fraction of sp³-hybridized carbons (Fsp3) is 0.706. The van der Waals surface area contributed by atoms with E-state index >= 15 is 0 Å². The van der Waals surface area contributed by atoms with Gasteiger partial charge in [0, 0.05) is 36.9 Å². The minimum absolute atomic E-state index is 0.116. The molecule has 0 fully saturated rings. The zero-order chi connectivity index (χ0) is 15.5. The third kappa shape index (κ3) is 5.12. The zero-order valence-corrected chi connectivity index (χ0v) is 14.5. The molecule has 114 valence electrons. The molecule has 20 heavy (non-hydrogen) atoms. The van der Waals surface area contributed by atoms with E-state index in [2.05, 4.69) is 71.8 Å². The number of pyridine rings is 1. The summed E-state index contributed by atoms with van der Waals surface area (Å²) in [6, 6.07) is 2.17. The lowest BCUT2D eigenvalue weighted by Crippen LogP contribution is -2.36. The van der Waals surface area contributed by atoms with Gasteiger partial charge in [-0.2, -0.15) is 0 Å². The van der Waals surface area contributed by atoms with E-state index in [-0.39, 0.29) is 5.54 Å². The Morgan fingerprint density at radius 3 is 2.35 bits per heavy atom. The third-order valence-electron chi connectivity index (χ3n) is 3.25. The van der Waals surface area contributed by atoms with E-state index in [1.54, 1.807) is 0 Å². The van der Waals surface area contributed by atoms with Crippen molar-refractivity contribution in [1.29, 1.82) is 0 Å². The van der Waals surface area contributed by atoms with Gasteiger partial charge in [-0.15, -0.1) is 0 Å². The van der Waals surface area contributed by atoms with E-state index in [4.69, 9.17) is 4.98 Å². The minimum Gasteiger partial charge on any atom is -0.359 e. The predicted molar refractivity (Wildman–Crippen MR) is 88.4 cm³/mol. The quantitative estimate of drug-likeness (QED) is 0.890. The Balaban J connectivity index is 3.07. The van der Waals surface area contributed by atoms with Crippen molar-refractivity contribution in [3.8, 4) is 0 Å². The second-order valence-corrected chi connectivity index (χ2v) is 7.26. The Hall–Kier alpha value is -1.09. The second-order valence-electron chi connectivity index (χ2n) is 7.26. The molecule has 1 rings (SSSR count). The van der Waals surface area contributed by atoms with Crippen molar-refractivity contribution in [2.24, 2.45) is 5.92 Å². The maximum absolute atomic E-state index is 4.77. The molecule has 0 bridgehead atoms. The largest absolute Gasteiger partial charge is 0.359 e. The summed E-state index contributed by atoms with van der Waals surface area (Å²) in [6.07, 6.45) is 0. The number of nitrogens with one attached hydrogen (secondary N) is 1. The molecule has 0 amide bonds. The van der Waals surface area contributed by atoms with Gasteiger partial charge in [0.15, 0.2) is 0 Å². The van der Waals surface area contributed by atoms with Gasteiger partial charge >= 0.3 is 0 Å². The van der Waals surface area contributed by atoms with Gasteiger partial charge in [-0.25, -0.2) is 4.98 Å². The lowest BCUT2D eigenvalue weighted by atomic mass is 10.0. The fourth-order valence-corrected chi connectivity index (χ4v) is 2.37. The van der Waals surface area contributed by atoms with Crippen molar-refractivity contribution in [1.82, 2.24) is 10.3 Å². The van der Waals surface area contributed by atoms with Gasteiger partial charge in [-0.05, 0) is 52.2 Å². The number of aryl methyl sites for hydroxylation is 2. The molecule has 1 aromatic heterocycles. The standard InChI is InChI=1S/C17H31N3/c1-12(2)11-20(8)16-15(10-18-17(5,6)7)13(3)9-14(4)19-16/h9,12,18H,10-11H2,1-8H3. The summed E-state index contributed by atoms with van der Waals surface area (Å²) in [5.74, 6) is 1.75. The maximum Gasteiger partial charge on any atom is 0.133 e. The van der Waals surface area contributed by atoms with Crippen molar-refractivity contribution in [3.05, 3.63) is 22.9 Å². The van der Waals surface area contributed by atoms with E-state index in [0.29, 0.717) is 5.92 Å². The number of rotatable bonds is 5. The van der Waals surface area contributed by atoms with Crippen molar-refractivity contribution in [2.75, 3.05) is 18.5 Å². The highest BCUT2D eigenvalue weighted by Gasteiger charge is 2.16. The summed E-state index contributed by atoms with van der Waals surface area (Å²) in [6.45, 7) is 17.2. The SMILES string of the molecule is Cc1cc(C)c(CNC(C)(C)C)c(N(C)CC(C)C)n1. The van der Waals surface area contributed by atoms with Gasteiger partial charge in [0.1, 0.15) is 5.82 Å². The first-order valence-electron chi connectivity index (χ1n) is 7.53. The smallest absolute Gasteiger partial charge is 0.133 e. The average molecular weight is 277 g/mol. The van der Waals surface area contributed by atoms with Crippen LogP contribution in [0.3, 0.4) is 0 Å². The Bertz CT molecular complexity index is 444. The molecule has 1 aromatic rings. The van der Waals surface area contributed by atoms with Crippen molar-refractivity contribution < 1.29 is 0 Å². The molecular weight excluding hydrogens is 246 g/mol. The van der Waals surface area contributed by atoms with Crippen molar-refractivity contribution in [3.63, 3.8) is 0 Å². The highest BCUT2D eigenvalue weighted by Crippen LogP contribution is 2.23. The molecule has 0 spiro atoms. The highest BCUT2D eigenvalue weighted by molar-refractivity contribution is 5.51. The molecule has 0 aliphatic rings. The molecule has 1 N–H and O–H groups in total. The van der Waals surface area contributed by atoms with Crippen LogP contribution in [0.1, 0.15) is 51.4 Å². The van der Waals surface area contributed by atoms with Crippen LogP contribution in [-0.2, 0) is 6.54 Å². The summed E-state index contributed by atoms with van der Waals surface area (Å²) in [5.41, 5.74) is 3.84.